The molecule has 0 radical (unpaired) electrons. The number of esters is 1. The number of para-hydroxylation sites is 2. The van der Waals surface area contributed by atoms with Crippen molar-refractivity contribution in [2.24, 2.45) is 7.05 Å². The molecule has 0 aliphatic rings. The first kappa shape index (κ1) is 17.4. The number of thiazole rings is 1. The Morgan fingerprint density at radius 3 is 2.93 bits per heavy atom. The molecule has 0 unspecified atom stereocenters. The van der Waals surface area contributed by atoms with Gasteiger partial charge >= 0.3 is 5.97 Å². The second-order valence-electron chi connectivity index (χ2n) is 6.23. The lowest BCUT2D eigenvalue weighted by molar-refractivity contribution is 0.0490. The summed E-state index contributed by atoms with van der Waals surface area (Å²) in [6.45, 7) is 3.07. The van der Waals surface area contributed by atoms with E-state index in [1.165, 1.54) is 11.3 Å². The second kappa shape index (κ2) is 7.32. The molecule has 0 atom stereocenters. The van der Waals surface area contributed by atoms with Crippen LogP contribution in [0, 0.1) is 6.92 Å². The number of fused-ring (bicyclic) bond motifs is 1. The van der Waals surface area contributed by atoms with Crippen molar-refractivity contribution in [3.05, 3.63) is 53.6 Å². The number of hydrogen-bond donors (Lipinski definition) is 0. The summed E-state index contributed by atoms with van der Waals surface area (Å²) >= 11 is 1.41. The van der Waals surface area contributed by atoms with Crippen LogP contribution in [0.1, 0.15) is 22.7 Å². The molecule has 0 amide bonds. The third-order valence-corrected chi connectivity index (χ3v) is 5.16. The highest BCUT2D eigenvalue weighted by atomic mass is 32.1. The number of hydrogen-bond acceptors (Lipinski definition) is 6. The Bertz CT molecular complexity index is 1090. The topological polar surface area (TPSA) is 74.8 Å². The summed E-state index contributed by atoms with van der Waals surface area (Å²) in [6.07, 6.45) is 4.31. The highest BCUT2D eigenvalue weighted by molar-refractivity contribution is 7.13. The average Bonchev–Trinajstić information content (AvgIpc) is 3.37. The fraction of sp³-hybridized carbons (Fsp3) is 0.263. The second-order valence-corrected chi connectivity index (χ2v) is 7.09. The number of rotatable bonds is 6. The minimum atomic E-state index is -0.395. The van der Waals surface area contributed by atoms with Crippen molar-refractivity contribution >= 4 is 28.3 Å². The van der Waals surface area contributed by atoms with Crippen LogP contribution < -0.4 is 0 Å². The average molecular weight is 381 g/mol. The Labute approximate surface area is 160 Å². The lowest BCUT2D eigenvalue weighted by Crippen LogP contribution is -2.09. The number of carbonyl (C=O) groups excluding carboxylic acids is 1. The minimum absolute atomic E-state index is 0.336. The molecule has 0 saturated carbocycles. The maximum atomic E-state index is 12.2. The Morgan fingerprint density at radius 1 is 1.26 bits per heavy atom. The van der Waals surface area contributed by atoms with Crippen LogP contribution in [0.5, 0.6) is 0 Å². The Hall–Kier alpha value is -3.00. The van der Waals surface area contributed by atoms with Gasteiger partial charge in [-0.1, -0.05) is 12.1 Å². The van der Waals surface area contributed by atoms with E-state index in [2.05, 4.69) is 25.7 Å². The third-order valence-electron chi connectivity index (χ3n) is 4.27. The molecule has 0 fully saturated rings. The van der Waals surface area contributed by atoms with Crippen molar-refractivity contribution in [1.82, 2.24) is 24.3 Å². The summed E-state index contributed by atoms with van der Waals surface area (Å²) in [5, 5.41) is 6.60. The van der Waals surface area contributed by atoms with Crippen molar-refractivity contribution in [2.75, 3.05) is 6.61 Å². The van der Waals surface area contributed by atoms with Crippen LogP contribution in [-0.2, 0) is 18.3 Å². The molecule has 3 aromatic heterocycles. The van der Waals surface area contributed by atoms with Crippen molar-refractivity contribution in [3.63, 3.8) is 0 Å². The highest BCUT2D eigenvalue weighted by Gasteiger charge is 2.14. The molecule has 4 rings (SSSR count). The van der Waals surface area contributed by atoms with Gasteiger partial charge in [-0.3, -0.25) is 4.68 Å². The van der Waals surface area contributed by atoms with Gasteiger partial charge in [0, 0.05) is 30.7 Å². The maximum absolute atomic E-state index is 12.2. The number of aromatic nitrogens is 5. The molecular weight excluding hydrogens is 362 g/mol. The fourth-order valence-corrected chi connectivity index (χ4v) is 3.74. The van der Waals surface area contributed by atoms with Crippen LogP contribution >= 0.6 is 11.3 Å². The lowest BCUT2D eigenvalue weighted by Gasteiger charge is -2.07. The largest absolute Gasteiger partial charge is 0.461 e. The van der Waals surface area contributed by atoms with E-state index in [9.17, 15) is 4.79 Å². The number of carbonyl (C=O) groups is 1. The quantitative estimate of drug-likeness (QED) is 0.378. The number of aryl methyl sites for hydroxylation is 3. The van der Waals surface area contributed by atoms with Crippen LogP contribution in [0.4, 0.5) is 0 Å². The zero-order valence-corrected chi connectivity index (χ0v) is 15.9. The van der Waals surface area contributed by atoms with E-state index in [0.29, 0.717) is 18.7 Å². The van der Waals surface area contributed by atoms with E-state index in [4.69, 9.17) is 4.74 Å². The van der Waals surface area contributed by atoms with Crippen molar-refractivity contribution in [3.8, 4) is 10.6 Å². The van der Waals surface area contributed by atoms with E-state index >= 15 is 0 Å². The summed E-state index contributed by atoms with van der Waals surface area (Å²) < 4.78 is 9.23. The SMILES string of the molecule is Cc1nc2ccccc2n1CCCOC(=O)c1csc(-c2cnn(C)c2)n1. The molecule has 138 valence electrons. The summed E-state index contributed by atoms with van der Waals surface area (Å²) in [7, 11) is 1.84. The third kappa shape index (κ3) is 3.61. The van der Waals surface area contributed by atoms with Gasteiger partial charge in [0.1, 0.15) is 10.8 Å². The predicted octanol–water partition coefficient (Wildman–Crippen LogP) is 3.45. The summed E-state index contributed by atoms with van der Waals surface area (Å²) in [4.78, 5) is 21.1. The maximum Gasteiger partial charge on any atom is 0.357 e. The molecule has 0 aliphatic heterocycles. The Morgan fingerprint density at radius 2 is 2.11 bits per heavy atom. The van der Waals surface area contributed by atoms with Gasteiger partial charge in [0.2, 0.25) is 0 Å². The predicted molar refractivity (Wildman–Crippen MR) is 104 cm³/mol. The molecule has 8 heteroatoms. The summed E-state index contributed by atoms with van der Waals surface area (Å²) in [5.41, 5.74) is 3.31. The van der Waals surface area contributed by atoms with Gasteiger partial charge in [-0.05, 0) is 25.5 Å². The number of imidazole rings is 1. The first-order valence-electron chi connectivity index (χ1n) is 8.65. The zero-order chi connectivity index (χ0) is 18.8. The molecule has 4 aromatic rings. The first-order chi connectivity index (χ1) is 13.1. The Balaban J connectivity index is 1.33. The van der Waals surface area contributed by atoms with Crippen LogP contribution in [0.25, 0.3) is 21.6 Å². The van der Waals surface area contributed by atoms with Gasteiger partial charge in [0.05, 0.1) is 23.8 Å². The Kier molecular flexibility index (Phi) is 4.72. The van der Waals surface area contributed by atoms with E-state index in [1.807, 2.05) is 38.4 Å². The number of nitrogens with zero attached hydrogens (tertiary/aromatic N) is 5. The fourth-order valence-electron chi connectivity index (χ4n) is 2.97. The molecule has 0 spiro atoms. The van der Waals surface area contributed by atoms with Crippen molar-refractivity contribution in [2.45, 2.75) is 19.9 Å². The smallest absolute Gasteiger partial charge is 0.357 e. The van der Waals surface area contributed by atoms with Crippen molar-refractivity contribution in [1.29, 1.82) is 0 Å². The number of ether oxygens (including phenoxy) is 1. The number of benzene rings is 1. The van der Waals surface area contributed by atoms with Gasteiger partial charge in [-0.15, -0.1) is 11.3 Å². The summed E-state index contributed by atoms with van der Waals surface area (Å²) in [5.74, 6) is 0.566. The standard InChI is InChI=1S/C19H19N5O2S/c1-13-21-15-6-3-4-7-17(15)24(13)8-5-9-26-19(25)16-12-27-18(22-16)14-10-20-23(2)11-14/h3-4,6-7,10-12H,5,8-9H2,1-2H3. The monoisotopic (exact) mass is 381 g/mol. The normalized spacial score (nSPS) is 11.2. The molecule has 7 nitrogen and oxygen atoms in total. The lowest BCUT2D eigenvalue weighted by atomic mass is 10.3. The van der Waals surface area contributed by atoms with Gasteiger partial charge in [-0.25, -0.2) is 14.8 Å². The highest BCUT2D eigenvalue weighted by Crippen LogP contribution is 2.23. The van der Waals surface area contributed by atoms with Crippen LogP contribution in [0.3, 0.4) is 0 Å². The first-order valence-corrected chi connectivity index (χ1v) is 9.53. The van der Waals surface area contributed by atoms with E-state index in [-0.39, 0.29) is 0 Å². The molecule has 1 aromatic carbocycles. The van der Waals surface area contributed by atoms with Gasteiger partial charge in [-0.2, -0.15) is 5.10 Å². The van der Waals surface area contributed by atoms with Crippen molar-refractivity contribution < 1.29 is 9.53 Å². The van der Waals surface area contributed by atoms with Gasteiger partial charge < -0.3 is 9.30 Å². The minimum Gasteiger partial charge on any atom is -0.461 e. The van der Waals surface area contributed by atoms with E-state index < -0.39 is 5.97 Å². The van der Waals surface area contributed by atoms with Gasteiger partial charge in [0.25, 0.3) is 0 Å². The molecule has 0 aliphatic carbocycles. The van der Waals surface area contributed by atoms with Crippen LogP contribution in [0.2, 0.25) is 0 Å². The molecule has 0 bridgehead atoms. The molecular formula is C19H19N5O2S. The molecule has 27 heavy (non-hydrogen) atoms. The molecule has 3 heterocycles. The van der Waals surface area contributed by atoms with Crippen LogP contribution in [0.15, 0.2) is 42.0 Å². The van der Waals surface area contributed by atoms with Gasteiger partial charge in [0.15, 0.2) is 5.69 Å². The van der Waals surface area contributed by atoms with E-state index in [1.54, 1.807) is 16.3 Å². The molecule has 0 N–H and O–H groups in total. The molecule has 0 saturated heterocycles. The summed E-state index contributed by atoms with van der Waals surface area (Å²) in [6, 6.07) is 8.04. The van der Waals surface area contributed by atoms with E-state index in [0.717, 1.165) is 34.0 Å². The zero-order valence-electron chi connectivity index (χ0n) is 15.1. The van der Waals surface area contributed by atoms with Crippen LogP contribution in [-0.4, -0.2) is 36.9 Å².